The fraction of sp³-hybridized carbons (Fsp3) is 0.360. The number of sulfonamides is 1. The van der Waals surface area contributed by atoms with Crippen molar-refractivity contribution in [2.45, 2.75) is 42.6 Å². The van der Waals surface area contributed by atoms with Crippen LogP contribution in [0.3, 0.4) is 0 Å². The Hall–Kier alpha value is -2.73. The summed E-state index contributed by atoms with van der Waals surface area (Å²) in [5.74, 6) is -0.414. The number of alkyl carbamates (subject to hydrolysis) is 1. The molecule has 0 bridgehead atoms. The first-order valence-electron chi connectivity index (χ1n) is 11.6. The van der Waals surface area contributed by atoms with Crippen molar-refractivity contribution in [3.8, 4) is 0 Å². The minimum Gasteiger partial charge on any atom is -0.444 e. The Balaban J connectivity index is 1.85. The van der Waals surface area contributed by atoms with Gasteiger partial charge in [-0.1, -0.05) is 41.9 Å². The number of amides is 1. The number of rotatable bonds is 10. The van der Waals surface area contributed by atoms with E-state index in [0.717, 1.165) is 4.31 Å². The van der Waals surface area contributed by atoms with Gasteiger partial charge in [0.05, 0.1) is 15.5 Å². The standard InChI is InChI=1S/C25H30ClN3O6S2/c1-25(2,3)35-24(30)28-14-8-16-29(17-18-36(31,32)19-9-5-4-6-10-19)37(33,34)22-12-7-11-21-20(22)13-15-27-23(21)26/h4-7,9-13,15H,8,14,16-18H2,1-3H3,(H,28,30). The van der Waals surface area contributed by atoms with E-state index in [0.29, 0.717) is 10.8 Å². The quantitative estimate of drug-likeness (QED) is 0.287. The van der Waals surface area contributed by atoms with E-state index in [1.165, 1.54) is 24.4 Å². The van der Waals surface area contributed by atoms with Crippen LogP contribution in [0, 0.1) is 0 Å². The third kappa shape index (κ3) is 7.64. The van der Waals surface area contributed by atoms with Gasteiger partial charge in [0.1, 0.15) is 10.8 Å². The van der Waals surface area contributed by atoms with E-state index in [1.54, 1.807) is 57.2 Å². The third-order valence-corrected chi connectivity index (χ3v) is 9.27. The van der Waals surface area contributed by atoms with Gasteiger partial charge >= 0.3 is 6.09 Å². The Morgan fingerprint density at radius 3 is 2.35 bits per heavy atom. The van der Waals surface area contributed by atoms with Gasteiger partial charge in [0.2, 0.25) is 10.0 Å². The monoisotopic (exact) mass is 567 g/mol. The summed E-state index contributed by atoms with van der Waals surface area (Å²) < 4.78 is 59.7. The van der Waals surface area contributed by atoms with Crippen molar-refractivity contribution in [2.24, 2.45) is 0 Å². The van der Waals surface area contributed by atoms with Gasteiger partial charge < -0.3 is 10.1 Å². The van der Waals surface area contributed by atoms with Crippen molar-refractivity contribution in [1.82, 2.24) is 14.6 Å². The number of sulfone groups is 1. The van der Waals surface area contributed by atoms with E-state index in [9.17, 15) is 21.6 Å². The van der Waals surface area contributed by atoms with Gasteiger partial charge in [-0.2, -0.15) is 4.31 Å². The second-order valence-corrected chi connectivity index (χ2v) is 13.6. The summed E-state index contributed by atoms with van der Waals surface area (Å²) in [7, 11) is -7.88. The average Bonchev–Trinajstić information content (AvgIpc) is 2.82. The summed E-state index contributed by atoms with van der Waals surface area (Å²) in [4.78, 5) is 16.1. The predicted molar refractivity (Wildman–Crippen MR) is 143 cm³/mol. The molecule has 0 saturated carbocycles. The zero-order chi connectivity index (χ0) is 27.3. The topological polar surface area (TPSA) is 123 Å². The van der Waals surface area contributed by atoms with E-state index in [2.05, 4.69) is 10.3 Å². The SMILES string of the molecule is CC(C)(C)OC(=O)NCCCN(CCS(=O)(=O)c1ccccc1)S(=O)(=O)c1cccc2c(Cl)nccc12. The first-order chi connectivity index (χ1) is 17.3. The van der Waals surface area contributed by atoms with Crippen LogP contribution < -0.4 is 5.32 Å². The number of hydrogen-bond acceptors (Lipinski definition) is 7. The summed E-state index contributed by atoms with van der Waals surface area (Å²) in [6, 6.07) is 14.1. The van der Waals surface area contributed by atoms with Gasteiger partial charge in [-0.15, -0.1) is 0 Å². The lowest BCUT2D eigenvalue weighted by Crippen LogP contribution is -2.38. The number of aromatic nitrogens is 1. The number of carbonyl (C=O) groups excluding carboxylic acids is 1. The van der Waals surface area contributed by atoms with Gasteiger partial charge in [-0.05, 0) is 51.5 Å². The van der Waals surface area contributed by atoms with E-state index < -0.39 is 37.3 Å². The van der Waals surface area contributed by atoms with Crippen LogP contribution in [0.4, 0.5) is 4.79 Å². The molecule has 1 aromatic heterocycles. The molecule has 200 valence electrons. The van der Waals surface area contributed by atoms with E-state index >= 15 is 0 Å². The summed E-state index contributed by atoms with van der Waals surface area (Å²) in [5.41, 5.74) is -0.671. The Labute approximate surface area is 222 Å². The molecule has 3 rings (SSSR count). The molecule has 0 radical (unpaired) electrons. The number of benzene rings is 2. The van der Waals surface area contributed by atoms with Crippen LogP contribution in [-0.4, -0.2) is 63.2 Å². The molecule has 3 aromatic rings. The summed E-state index contributed by atoms with van der Waals surface area (Å²) >= 11 is 6.17. The van der Waals surface area contributed by atoms with Gasteiger partial charge in [0.15, 0.2) is 9.84 Å². The number of halogens is 1. The molecule has 0 spiro atoms. The molecule has 0 fully saturated rings. The fourth-order valence-electron chi connectivity index (χ4n) is 3.59. The maximum Gasteiger partial charge on any atom is 0.407 e. The van der Waals surface area contributed by atoms with Crippen LogP contribution in [-0.2, 0) is 24.6 Å². The number of fused-ring (bicyclic) bond motifs is 1. The van der Waals surface area contributed by atoms with Crippen LogP contribution in [0.5, 0.6) is 0 Å². The molecule has 0 saturated heterocycles. The highest BCUT2D eigenvalue weighted by molar-refractivity contribution is 7.91. The van der Waals surface area contributed by atoms with Crippen molar-refractivity contribution in [2.75, 3.05) is 25.4 Å². The third-order valence-electron chi connectivity index (χ3n) is 5.30. The molecule has 1 heterocycles. The molecule has 37 heavy (non-hydrogen) atoms. The molecule has 0 unspecified atom stereocenters. The smallest absolute Gasteiger partial charge is 0.407 e. The predicted octanol–water partition coefficient (Wildman–Crippen LogP) is 4.27. The van der Waals surface area contributed by atoms with Gasteiger partial charge in [-0.25, -0.2) is 26.6 Å². The highest BCUT2D eigenvalue weighted by Crippen LogP contribution is 2.29. The molecule has 0 atom stereocenters. The maximum atomic E-state index is 13.8. The van der Waals surface area contributed by atoms with Crippen LogP contribution in [0.1, 0.15) is 27.2 Å². The summed E-state index contributed by atoms with van der Waals surface area (Å²) in [6.45, 7) is 5.04. The lowest BCUT2D eigenvalue weighted by Gasteiger charge is -2.24. The molecule has 1 amide bonds. The highest BCUT2D eigenvalue weighted by atomic mass is 35.5. The molecule has 2 aromatic carbocycles. The Bertz CT molecular complexity index is 1460. The number of hydrogen-bond donors (Lipinski definition) is 1. The van der Waals surface area contributed by atoms with Crippen molar-refractivity contribution in [1.29, 1.82) is 0 Å². The summed E-state index contributed by atoms with van der Waals surface area (Å²) in [6.07, 6.45) is 1.03. The minimum absolute atomic E-state index is 0.00786. The molecule has 1 N–H and O–H groups in total. The van der Waals surface area contributed by atoms with E-state index in [-0.39, 0.29) is 41.0 Å². The van der Waals surface area contributed by atoms with Crippen LogP contribution in [0.2, 0.25) is 5.15 Å². The lowest BCUT2D eigenvalue weighted by atomic mass is 10.2. The largest absolute Gasteiger partial charge is 0.444 e. The number of nitrogens with zero attached hydrogens (tertiary/aromatic N) is 2. The Kier molecular flexibility index (Phi) is 9.17. The molecular formula is C25H30ClN3O6S2. The van der Waals surface area contributed by atoms with Crippen molar-refractivity contribution < 1.29 is 26.4 Å². The second-order valence-electron chi connectivity index (χ2n) is 9.27. The molecule has 0 aliphatic heterocycles. The van der Waals surface area contributed by atoms with Crippen molar-refractivity contribution in [3.05, 3.63) is 65.9 Å². The van der Waals surface area contributed by atoms with E-state index in [1.807, 2.05) is 0 Å². The van der Waals surface area contributed by atoms with Crippen LogP contribution in [0.25, 0.3) is 10.8 Å². The summed E-state index contributed by atoms with van der Waals surface area (Å²) in [5, 5.41) is 3.60. The number of carbonyl (C=O) groups is 1. The number of ether oxygens (including phenoxy) is 1. The zero-order valence-electron chi connectivity index (χ0n) is 20.8. The molecule has 12 heteroatoms. The van der Waals surface area contributed by atoms with Crippen LogP contribution in [0.15, 0.2) is 70.6 Å². The first-order valence-corrected chi connectivity index (χ1v) is 15.1. The van der Waals surface area contributed by atoms with E-state index in [4.69, 9.17) is 16.3 Å². The second kappa shape index (κ2) is 11.8. The highest BCUT2D eigenvalue weighted by Gasteiger charge is 2.28. The van der Waals surface area contributed by atoms with Gasteiger partial charge in [0, 0.05) is 36.6 Å². The number of nitrogens with one attached hydrogen (secondary N) is 1. The zero-order valence-corrected chi connectivity index (χ0v) is 23.2. The normalized spacial score (nSPS) is 12.6. The Morgan fingerprint density at radius 1 is 0.973 bits per heavy atom. The lowest BCUT2D eigenvalue weighted by molar-refractivity contribution is 0.0527. The molecular weight excluding hydrogens is 538 g/mol. The first kappa shape index (κ1) is 28.8. The average molecular weight is 568 g/mol. The maximum absolute atomic E-state index is 13.8. The molecule has 9 nitrogen and oxygen atoms in total. The van der Waals surface area contributed by atoms with Gasteiger partial charge in [-0.3, -0.25) is 0 Å². The molecule has 0 aliphatic carbocycles. The van der Waals surface area contributed by atoms with Crippen molar-refractivity contribution in [3.63, 3.8) is 0 Å². The number of pyridine rings is 1. The minimum atomic E-state index is -4.14. The molecule has 0 aliphatic rings. The Morgan fingerprint density at radius 2 is 1.68 bits per heavy atom. The van der Waals surface area contributed by atoms with Crippen molar-refractivity contribution >= 4 is 48.3 Å². The van der Waals surface area contributed by atoms with Crippen LogP contribution >= 0.6 is 11.6 Å². The fourth-order valence-corrected chi connectivity index (χ4v) is 6.88. The van der Waals surface area contributed by atoms with Gasteiger partial charge in [0.25, 0.3) is 0 Å².